The molecule has 0 radical (unpaired) electrons. The first kappa shape index (κ1) is 14.4. The van der Waals surface area contributed by atoms with Gasteiger partial charge >= 0.3 is 0 Å². The second-order valence-electron chi connectivity index (χ2n) is 5.02. The second kappa shape index (κ2) is 6.96. The molecule has 1 aliphatic rings. The Morgan fingerprint density at radius 2 is 2.05 bits per heavy atom. The minimum atomic E-state index is -0.0265. The Labute approximate surface area is 119 Å². The summed E-state index contributed by atoms with van der Waals surface area (Å²) in [4.78, 5) is 12.2. The monoisotopic (exact) mass is 278 g/mol. The summed E-state index contributed by atoms with van der Waals surface area (Å²) in [7, 11) is 0. The van der Waals surface area contributed by atoms with Gasteiger partial charge in [-0.15, -0.1) is 11.8 Å². The Kier molecular flexibility index (Phi) is 5.28. The van der Waals surface area contributed by atoms with E-state index in [2.05, 4.69) is 29.7 Å². The van der Waals surface area contributed by atoms with Crippen molar-refractivity contribution in [1.29, 1.82) is 0 Å². The van der Waals surface area contributed by atoms with E-state index in [0.29, 0.717) is 6.04 Å². The van der Waals surface area contributed by atoms with Crippen LogP contribution in [0.2, 0.25) is 0 Å². The number of thioether (sulfide) groups is 1. The zero-order valence-electron chi connectivity index (χ0n) is 11.6. The number of benzene rings is 1. The van der Waals surface area contributed by atoms with Crippen molar-refractivity contribution in [2.75, 3.05) is 17.6 Å². The van der Waals surface area contributed by atoms with Gasteiger partial charge < -0.3 is 10.6 Å². The Morgan fingerprint density at radius 1 is 1.37 bits per heavy atom. The van der Waals surface area contributed by atoms with Gasteiger partial charge in [0.2, 0.25) is 5.91 Å². The van der Waals surface area contributed by atoms with E-state index in [-0.39, 0.29) is 5.91 Å². The molecule has 0 bridgehead atoms. The van der Waals surface area contributed by atoms with E-state index in [9.17, 15) is 4.79 Å². The lowest BCUT2D eigenvalue weighted by Gasteiger charge is -2.16. The molecule has 1 aromatic carbocycles. The number of rotatable bonds is 7. The first-order valence-corrected chi connectivity index (χ1v) is 7.91. The number of carbonyl (C=O) groups is 1. The lowest BCUT2D eigenvalue weighted by atomic mass is 10.2. The van der Waals surface area contributed by atoms with E-state index < -0.39 is 0 Å². The molecule has 1 fully saturated rings. The van der Waals surface area contributed by atoms with Crippen LogP contribution < -0.4 is 10.6 Å². The average Bonchev–Trinajstić information content (AvgIpc) is 3.20. The highest BCUT2D eigenvalue weighted by Crippen LogP contribution is 2.35. The van der Waals surface area contributed by atoms with Crippen LogP contribution in [0.25, 0.3) is 0 Å². The third kappa shape index (κ3) is 4.88. The Hall–Kier alpha value is -1.00. The fourth-order valence-electron chi connectivity index (χ4n) is 2.15. The van der Waals surface area contributed by atoms with Crippen molar-refractivity contribution in [2.24, 2.45) is 5.92 Å². The number of hydrogen-bond acceptors (Lipinski definition) is 3. The smallest absolute Gasteiger partial charge is 0.221 e. The number of carbonyl (C=O) groups excluding carboxylic acids is 1. The van der Waals surface area contributed by atoms with Gasteiger partial charge in [-0.25, -0.2) is 0 Å². The van der Waals surface area contributed by atoms with E-state index in [1.807, 2.05) is 23.9 Å². The van der Waals surface area contributed by atoms with Crippen LogP contribution in [0.5, 0.6) is 0 Å². The summed E-state index contributed by atoms with van der Waals surface area (Å²) >= 11 is 1.89. The standard InChI is InChI=1S/C15H22N2OS/c1-3-16-15(12-4-5-12)10-19-14-8-6-13(7-9-14)17-11(2)18/h6-9,12,15-16H,3-5,10H2,1-2H3,(H,17,18). The highest BCUT2D eigenvalue weighted by molar-refractivity contribution is 7.99. The summed E-state index contributed by atoms with van der Waals surface area (Å²) in [6.45, 7) is 4.74. The lowest BCUT2D eigenvalue weighted by Crippen LogP contribution is -2.33. The van der Waals surface area contributed by atoms with Crippen LogP contribution in [0.3, 0.4) is 0 Å². The first-order valence-electron chi connectivity index (χ1n) is 6.93. The van der Waals surface area contributed by atoms with Gasteiger partial charge in [-0.3, -0.25) is 4.79 Å². The fourth-order valence-corrected chi connectivity index (χ4v) is 3.24. The van der Waals surface area contributed by atoms with Crippen LogP contribution in [0.15, 0.2) is 29.2 Å². The van der Waals surface area contributed by atoms with E-state index >= 15 is 0 Å². The molecule has 2 N–H and O–H groups in total. The molecule has 0 aliphatic heterocycles. The van der Waals surface area contributed by atoms with Gasteiger partial charge in [0, 0.05) is 29.3 Å². The lowest BCUT2D eigenvalue weighted by molar-refractivity contribution is -0.114. The van der Waals surface area contributed by atoms with Gasteiger partial charge in [0.15, 0.2) is 0 Å². The minimum absolute atomic E-state index is 0.0265. The van der Waals surface area contributed by atoms with Crippen molar-refractivity contribution in [3.05, 3.63) is 24.3 Å². The SMILES string of the molecule is CCNC(CSc1ccc(NC(C)=O)cc1)C1CC1. The molecule has 1 atom stereocenters. The van der Waals surface area contributed by atoms with Gasteiger partial charge in [-0.05, 0) is 49.6 Å². The summed E-state index contributed by atoms with van der Waals surface area (Å²) in [5, 5.41) is 6.36. The molecule has 1 aromatic rings. The molecular formula is C15H22N2OS. The van der Waals surface area contributed by atoms with Crippen molar-refractivity contribution in [3.8, 4) is 0 Å². The van der Waals surface area contributed by atoms with E-state index in [1.54, 1.807) is 0 Å². The van der Waals surface area contributed by atoms with E-state index in [4.69, 9.17) is 0 Å². The van der Waals surface area contributed by atoms with Crippen LogP contribution in [0.1, 0.15) is 26.7 Å². The maximum atomic E-state index is 10.9. The highest BCUT2D eigenvalue weighted by atomic mass is 32.2. The molecule has 0 saturated heterocycles. The zero-order chi connectivity index (χ0) is 13.7. The Bertz CT molecular complexity index is 415. The van der Waals surface area contributed by atoms with Crippen molar-refractivity contribution < 1.29 is 4.79 Å². The summed E-state index contributed by atoms with van der Waals surface area (Å²) in [6.07, 6.45) is 2.75. The molecule has 1 saturated carbocycles. The molecule has 2 rings (SSSR count). The maximum Gasteiger partial charge on any atom is 0.221 e. The number of nitrogens with one attached hydrogen (secondary N) is 2. The molecule has 1 aliphatic carbocycles. The zero-order valence-corrected chi connectivity index (χ0v) is 12.4. The van der Waals surface area contributed by atoms with E-state index in [0.717, 1.165) is 23.9 Å². The predicted octanol–water partition coefficient (Wildman–Crippen LogP) is 3.13. The van der Waals surface area contributed by atoms with Crippen molar-refractivity contribution in [2.45, 2.75) is 37.6 Å². The molecule has 0 aromatic heterocycles. The molecule has 1 unspecified atom stereocenters. The molecule has 4 heteroatoms. The molecule has 0 spiro atoms. The maximum absolute atomic E-state index is 10.9. The van der Waals surface area contributed by atoms with Crippen LogP contribution in [0.4, 0.5) is 5.69 Å². The molecule has 3 nitrogen and oxygen atoms in total. The molecule has 104 valence electrons. The number of amides is 1. The van der Waals surface area contributed by atoms with Gasteiger partial charge in [0.05, 0.1) is 0 Å². The number of hydrogen-bond donors (Lipinski definition) is 2. The van der Waals surface area contributed by atoms with E-state index in [1.165, 1.54) is 24.7 Å². The second-order valence-corrected chi connectivity index (χ2v) is 6.11. The first-order chi connectivity index (χ1) is 9.19. The van der Waals surface area contributed by atoms with Crippen LogP contribution in [-0.4, -0.2) is 24.2 Å². The summed E-state index contributed by atoms with van der Waals surface area (Å²) in [6, 6.07) is 8.72. The molecule has 0 heterocycles. The van der Waals surface area contributed by atoms with Gasteiger partial charge in [-0.1, -0.05) is 6.92 Å². The Balaban J connectivity index is 1.83. The minimum Gasteiger partial charge on any atom is -0.326 e. The van der Waals surface area contributed by atoms with Gasteiger partial charge in [-0.2, -0.15) is 0 Å². The van der Waals surface area contributed by atoms with Crippen molar-refractivity contribution in [3.63, 3.8) is 0 Å². The predicted molar refractivity (Wildman–Crippen MR) is 81.7 cm³/mol. The van der Waals surface area contributed by atoms with Crippen LogP contribution >= 0.6 is 11.8 Å². The third-order valence-electron chi connectivity index (χ3n) is 3.26. The highest BCUT2D eigenvalue weighted by Gasteiger charge is 2.30. The fraction of sp³-hybridized carbons (Fsp3) is 0.533. The summed E-state index contributed by atoms with van der Waals surface area (Å²) in [5.41, 5.74) is 0.863. The quantitative estimate of drug-likeness (QED) is 0.753. The largest absolute Gasteiger partial charge is 0.326 e. The average molecular weight is 278 g/mol. The number of anilines is 1. The molecular weight excluding hydrogens is 256 g/mol. The van der Waals surface area contributed by atoms with Crippen LogP contribution in [-0.2, 0) is 4.79 Å². The molecule has 19 heavy (non-hydrogen) atoms. The van der Waals surface area contributed by atoms with Crippen molar-refractivity contribution in [1.82, 2.24) is 5.32 Å². The third-order valence-corrected chi connectivity index (χ3v) is 4.39. The van der Waals surface area contributed by atoms with Gasteiger partial charge in [0.1, 0.15) is 0 Å². The van der Waals surface area contributed by atoms with Gasteiger partial charge in [0.25, 0.3) is 0 Å². The normalized spacial score (nSPS) is 16.1. The Morgan fingerprint density at radius 3 is 2.58 bits per heavy atom. The summed E-state index contributed by atoms with van der Waals surface area (Å²) < 4.78 is 0. The topological polar surface area (TPSA) is 41.1 Å². The van der Waals surface area contributed by atoms with Crippen molar-refractivity contribution >= 4 is 23.4 Å². The summed E-state index contributed by atoms with van der Waals surface area (Å²) in [5.74, 6) is 1.98. The molecule has 1 amide bonds. The van der Waals surface area contributed by atoms with Crippen LogP contribution in [0, 0.1) is 5.92 Å².